The molecule has 0 aliphatic carbocycles. The molecule has 2 nitrogen and oxygen atoms in total. The largest absolute Gasteiger partial charge is 0.377 e. The van der Waals surface area contributed by atoms with Crippen LogP contribution in [-0.4, -0.2) is 19.8 Å². The summed E-state index contributed by atoms with van der Waals surface area (Å²) in [4.78, 5) is 0. The molecular formula is C10H15Br2NOS. The lowest BCUT2D eigenvalue weighted by Gasteiger charge is -2.17. The van der Waals surface area contributed by atoms with E-state index in [2.05, 4.69) is 43.2 Å². The summed E-state index contributed by atoms with van der Waals surface area (Å²) in [6.45, 7) is 4.78. The van der Waals surface area contributed by atoms with Crippen molar-refractivity contribution in [3.63, 3.8) is 0 Å². The second-order valence-corrected chi connectivity index (χ2v) is 7.25. The van der Waals surface area contributed by atoms with Crippen LogP contribution >= 0.6 is 43.2 Å². The van der Waals surface area contributed by atoms with Gasteiger partial charge in [0.15, 0.2) is 0 Å². The number of ether oxygens (including phenoxy) is 1. The van der Waals surface area contributed by atoms with Crippen LogP contribution in [0.1, 0.15) is 25.5 Å². The number of rotatable bonds is 5. The smallest absolute Gasteiger partial charge is 0.0759 e. The Kier molecular flexibility index (Phi) is 5.77. The summed E-state index contributed by atoms with van der Waals surface area (Å²) < 4.78 is 7.91. The van der Waals surface area contributed by atoms with Crippen molar-refractivity contribution in [1.82, 2.24) is 5.32 Å². The molecule has 1 N–H and O–H groups in total. The molecule has 15 heavy (non-hydrogen) atoms. The summed E-state index contributed by atoms with van der Waals surface area (Å²) in [6.07, 6.45) is 0.265. The quantitative estimate of drug-likeness (QED) is 0.862. The molecule has 0 aromatic carbocycles. The molecule has 0 fully saturated rings. The molecule has 0 spiro atoms. The number of hydrogen-bond donors (Lipinski definition) is 1. The van der Waals surface area contributed by atoms with Crippen molar-refractivity contribution >= 4 is 43.2 Å². The first kappa shape index (κ1) is 13.6. The van der Waals surface area contributed by atoms with Gasteiger partial charge < -0.3 is 10.1 Å². The fraction of sp³-hybridized carbons (Fsp3) is 0.600. The fourth-order valence-electron chi connectivity index (χ4n) is 1.21. The summed E-state index contributed by atoms with van der Waals surface area (Å²) in [5.74, 6) is 0. The molecule has 5 heteroatoms. The molecule has 1 heterocycles. The van der Waals surface area contributed by atoms with Crippen LogP contribution in [0, 0.1) is 0 Å². The van der Waals surface area contributed by atoms with E-state index >= 15 is 0 Å². The Morgan fingerprint density at radius 3 is 2.53 bits per heavy atom. The zero-order valence-corrected chi connectivity index (χ0v) is 13.0. The van der Waals surface area contributed by atoms with E-state index in [0.29, 0.717) is 6.61 Å². The van der Waals surface area contributed by atoms with Gasteiger partial charge in [-0.25, -0.2) is 0 Å². The maximum Gasteiger partial charge on any atom is 0.0759 e. The van der Waals surface area contributed by atoms with Gasteiger partial charge in [0.05, 0.1) is 26.3 Å². The predicted molar refractivity (Wildman–Crippen MR) is 72.6 cm³/mol. The first-order valence-corrected chi connectivity index (χ1v) is 7.18. The highest BCUT2D eigenvalue weighted by Crippen LogP contribution is 2.35. The molecule has 1 unspecified atom stereocenters. The minimum Gasteiger partial charge on any atom is -0.377 e. The van der Waals surface area contributed by atoms with E-state index in [4.69, 9.17) is 4.74 Å². The normalized spacial score (nSPS) is 13.5. The zero-order chi connectivity index (χ0) is 11.4. The standard InChI is InChI=1S/C10H15Br2NOS/c1-6(2)14-5-8(13-3)7-4-9(11)15-10(7)12/h4,6,8,13H,5H2,1-3H3. The topological polar surface area (TPSA) is 21.3 Å². The van der Waals surface area contributed by atoms with E-state index in [1.165, 1.54) is 5.56 Å². The van der Waals surface area contributed by atoms with Crippen molar-refractivity contribution in [2.45, 2.75) is 26.0 Å². The van der Waals surface area contributed by atoms with Gasteiger partial charge in [-0.15, -0.1) is 11.3 Å². The third kappa shape index (κ3) is 4.15. The summed E-state index contributed by atoms with van der Waals surface area (Å²) in [5, 5.41) is 3.26. The molecule has 0 radical (unpaired) electrons. The lowest BCUT2D eigenvalue weighted by atomic mass is 10.2. The Bertz CT molecular complexity index is 314. The van der Waals surface area contributed by atoms with E-state index in [-0.39, 0.29) is 12.1 Å². The lowest BCUT2D eigenvalue weighted by Crippen LogP contribution is -2.23. The van der Waals surface area contributed by atoms with E-state index in [0.717, 1.165) is 7.57 Å². The van der Waals surface area contributed by atoms with E-state index < -0.39 is 0 Å². The van der Waals surface area contributed by atoms with Crippen LogP contribution in [0.3, 0.4) is 0 Å². The number of hydrogen-bond acceptors (Lipinski definition) is 3. The van der Waals surface area contributed by atoms with Crippen LogP contribution in [0.4, 0.5) is 0 Å². The van der Waals surface area contributed by atoms with E-state index in [9.17, 15) is 0 Å². The van der Waals surface area contributed by atoms with Gasteiger partial charge in [0, 0.05) is 0 Å². The van der Waals surface area contributed by atoms with Crippen molar-refractivity contribution < 1.29 is 4.74 Å². The van der Waals surface area contributed by atoms with Crippen molar-refractivity contribution in [3.8, 4) is 0 Å². The third-order valence-corrected chi connectivity index (χ3v) is 4.39. The molecule has 0 aliphatic heterocycles. The predicted octanol–water partition coefficient (Wildman–Crippen LogP) is 3.96. The molecule has 1 aromatic heterocycles. The van der Waals surface area contributed by atoms with E-state index in [1.807, 2.05) is 20.9 Å². The minimum absolute atomic E-state index is 0.240. The van der Waals surface area contributed by atoms with Crippen LogP contribution in [0.2, 0.25) is 0 Å². The van der Waals surface area contributed by atoms with Gasteiger partial charge in [-0.2, -0.15) is 0 Å². The Morgan fingerprint density at radius 2 is 2.13 bits per heavy atom. The van der Waals surface area contributed by atoms with Crippen LogP contribution in [0.25, 0.3) is 0 Å². The SMILES string of the molecule is CNC(COC(C)C)c1cc(Br)sc1Br. The third-order valence-electron chi connectivity index (χ3n) is 2.00. The van der Waals surface area contributed by atoms with E-state index in [1.54, 1.807) is 11.3 Å². The number of nitrogens with one attached hydrogen (secondary N) is 1. The second-order valence-electron chi connectivity index (χ2n) is 3.50. The Balaban J connectivity index is 2.69. The monoisotopic (exact) mass is 355 g/mol. The van der Waals surface area contributed by atoms with Gasteiger partial charge in [-0.3, -0.25) is 0 Å². The molecule has 0 saturated carbocycles. The van der Waals surface area contributed by atoms with Crippen LogP contribution < -0.4 is 5.32 Å². The lowest BCUT2D eigenvalue weighted by molar-refractivity contribution is 0.0626. The zero-order valence-electron chi connectivity index (χ0n) is 9.01. The summed E-state index contributed by atoms with van der Waals surface area (Å²) in [5.41, 5.74) is 1.25. The Hall–Kier alpha value is 0.580. The maximum atomic E-state index is 5.62. The molecule has 86 valence electrons. The molecular weight excluding hydrogens is 342 g/mol. The number of likely N-dealkylation sites (N-methyl/N-ethyl adjacent to an activating group) is 1. The van der Waals surface area contributed by atoms with Gasteiger partial charge in [-0.05, 0) is 64.4 Å². The highest BCUT2D eigenvalue weighted by molar-refractivity contribution is 9.12. The van der Waals surface area contributed by atoms with Crippen LogP contribution in [-0.2, 0) is 4.74 Å². The highest BCUT2D eigenvalue weighted by Gasteiger charge is 2.16. The van der Waals surface area contributed by atoms with Crippen LogP contribution in [0.5, 0.6) is 0 Å². The first-order chi connectivity index (χ1) is 7.04. The molecule has 1 rings (SSSR count). The van der Waals surface area contributed by atoms with Gasteiger partial charge in [0.25, 0.3) is 0 Å². The average molecular weight is 357 g/mol. The van der Waals surface area contributed by atoms with Crippen molar-refractivity contribution in [2.75, 3.05) is 13.7 Å². The maximum absolute atomic E-state index is 5.62. The number of thiophene rings is 1. The molecule has 1 aromatic rings. The molecule has 0 saturated heterocycles. The van der Waals surface area contributed by atoms with Gasteiger partial charge >= 0.3 is 0 Å². The average Bonchev–Trinajstić information content (AvgIpc) is 2.46. The summed E-state index contributed by atoms with van der Waals surface area (Å²) in [7, 11) is 1.95. The molecule has 0 bridgehead atoms. The molecule has 0 aliphatic rings. The first-order valence-electron chi connectivity index (χ1n) is 4.78. The van der Waals surface area contributed by atoms with Gasteiger partial charge in [0.1, 0.15) is 0 Å². The summed E-state index contributed by atoms with van der Waals surface area (Å²) >= 11 is 8.72. The van der Waals surface area contributed by atoms with Gasteiger partial charge in [0.2, 0.25) is 0 Å². The Morgan fingerprint density at radius 1 is 1.47 bits per heavy atom. The molecule has 1 atom stereocenters. The Labute approximate surface area is 112 Å². The highest BCUT2D eigenvalue weighted by atomic mass is 79.9. The van der Waals surface area contributed by atoms with Crippen molar-refractivity contribution in [3.05, 3.63) is 19.2 Å². The molecule has 0 amide bonds. The van der Waals surface area contributed by atoms with Crippen molar-refractivity contribution in [1.29, 1.82) is 0 Å². The summed E-state index contributed by atoms with van der Waals surface area (Å²) in [6, 6.07) is 2.36. The fourth-order valence-corrected chi connectivity index (χ4v) is 4.18. The number of halogens is 2. The van der Waals surface area contributed by atoms with Crippen molar-refractivity contribution in [2.24, 2.45) is 0 Å². The minimum atomic E-state index is 0.240. The van der Waals surface area contributed by atoms with Crippen LogP contribution in [0.15, 0.2) is 13.6 Å². The second kappa shape index (κ2) is 6.35. The van der Waals surface area contributed by atoms with Gasteiger partial charge in [-0.1, -0.05) is 0 Å².